The van der Waals surface area contributed by atoms with Gasteiger partial charge in [0.25, 0.3) is 0 Å². The van der Waals surface area contributed by atoms with Crippen LogP contribution in [0, 0.1) is 0 Å². The maximum absolute atomic E-state index is 6.24. The Kier molecular flexibility index (Phi) is 3.72. The van der Waals surface area contributed by atoms with Gasteiger partial charge in [-0.05, 0) is 24.3 Å². The van der Waals surface area contributed by atoms with E-state index in [1.807, 2.05) is 18.2 Å². The molecule has 24 heavy (non-hydrogen) atoms. The van der Waals surface area contributed by atoms with Gasteiger partial charge in [-0.2, -0.15) is 0 Å². The lowest BCUT2D eigenvalue weighted by Gasteiger charge is -2.11. The number of aromatic nitrogens is 5. The lowest BCUT2D eigenvalue weighted by molar-refractivity contribution is 1.19. The van der Waals surface area contributed by atoms with Crippen LogP contribution in [0.15, 0.2) is 61.4 Å². The highest BCUT2D eigenvalue weighted by Crippen LogP contribution is 2.29. The van der Waals surface area contributed by atoms with Gasteiger partial charge in [0.15, 0.2) is 5.82 Å². The molecule has 0 aliphatic heterocycles. The molecule has 7 heteroatoms. The lowest BCUT2D eigenvalue weighted by Crippen LogP contribution is -2.00. The molecule has 0 saturated carbocycles. The molecule has 116 valence electrons. The van der Waals surface area contributed by atoms with Crippen molar-refractivity contribution in [2.75, 3.05) is 5.32 Å². The molecule has 0 fully saturated rings. The monoisotopic (exact) mass is 334 g/mol. The SMILES string of the molecule is Clc1cnccc1-c1nc(Nc2ccncc2)c2ccncc2n1. The van der Waals surface area contributed by atoms with Crippen molar-refractivity contribution in [3.8, 4) is 11.4 Å². The van der Waals surface area contributed by atoms with E-state index in [2.05, 4.69) is 30.2 Å². The molecule has 0 unspecified atom stereocenters. The van der Waals surface area contributed by atoms with Crippen molar-refractivity contribution in [3.63, 3.8) is 0 Å². The first-order valence-electron chi connectivity index (χ1n) is 7.20. The van der Waals surface area contributed by atoms with Crippen LogP contribution in [0.5, 0.6) is 0 Å². The van der Waals surface area contributed by atoms with Gasteiger partial charge in [-0.25, -0.2) is 9.97 Å². The fourth-order valence-corrected chi connectivity index (χ4v) is 2.53. The van der Waals surface area contributed by atoms with E-state index in [-0.39, 0.29) is 0 Å². The third kappa shape index (κ3) is 2.75. The van der Waals surface area contributed by atoms with Gasteiger partial charge in [0.05, 0.1) is 16.7 Å². The molecule has 0 spiro atoms. The van der Waals surface area contributed by atoms with E-state index in [0.29, 0.717) is 16.7 Å². The van der Waals surface area contributed by atoms with E-state index in [9.17, 15) is 0 Å². The first-order chi connectivity index (χ1) is 11.8. The molecule has 1 N–H and O–H groups in total. The number of nitrogens with one attached hydrogen (secondary N) is 1. The summed E-state index contributed by atoms with van der Waals surface area (Å²) in [6.45, 7) is 0. The predicted octanol–water partition coefficient (Wildman–Crippen LogP) is 3.88. The van der Waals surface area contributed by atoms with Crippen LogP contribution in [0.2, 0.25) is 5.02 Å². The van der Waals surface area contributed by atoms with Gasteiger partial charge in [0, 0.05) is 47.6 Å². The quantitative estimate of drug-likeness (QED) is 0.612. The second-order valence-corrected chi connectivity index (χ2v) is 5.41. The molecule has 0 aliphatic carbocycles. The van der Waals surface area contributed by atoms with Gasteiger partial charge in [0.2, 0.25) is 0 Å². The van der Waals surface area contributed by atoms with Crippen LogP contribution in [0.3, 0.4) is 0 Å². The summed E-state index contributed by atoms with van der Waals surface area (Å²) in [7, 11) is 0. The second-order valence-electron chi connectivity index (χ2n) is 5.01. The van der Waals surface area contributed by atoms with Crippen LogP contribution in [-0.4, -0.2) is 24.9 Å². The van der Waals surface area contributed by atoms with Crippen molar-refractivity contribution in [2.45, 2.75) is 0 Å². The largest absolute Gasteiger partial charge is 0.340 e. The van der Waals surface area contributed by atoms with Gasteiger partial charge in [0.1, 0.15) is 5.82 Å². The summed E-state index contributed by atoms with van der Waals surface area (Å²) in [6, 6.07) is 7.40. The molecule has 0 aliphatic rings. The van der Waals surface area contributed by atoms with E-state index in [4.69, 9.17) is 11.6 Å². The number of anilines is 2. The number of fused-ring (bicyclic) bond motifs is 1. The minimum absolute atomic E-state index is 0.496. The summed E-state index contributed by atoms with van der Waals surface area (Å²) in [4.78, 5) is 21.4. The molecule has 0 amide bonds. The molecule has 4 rings (SSSR count). The third-order valence-electron chi connectivity index (χ3n) is 3.46. The van der Waals surface area contributed by atoms with E-state index >= 15 is 0 Å². The number of pyridine rings is 3. The molecule has 0 saturated heterocycles. The summed E-state index contributed by atoms with van der Waals surface area (Å²) in [5.41, 5.74) is 2.33. The van der Waals surface area contributed by atoms with Gasteiger partial charge >= 0.3 is 0 Å². The molecule has 0 aromatic carbocycles. The Labute approximate surface area is 142 Å². The molecule has 0 bridgehead atoms. The summed E-state index contributed by atoms with van der Waals surface area (Å²) in [5, 5.41) is 4.67. The van der Waals surface area contributed by atoms with E-state index in [1.165, 1.54) is 0 Å². The van der Waals surface area contributed by atoms with Crippen LogP contribution >= 0.6 is 11.6 Å². The number of halogens is 1. The van der Waals surface area contributed by atoms with Crippen LogP contribution < -0.4 is 5.32 Å². The smallest absolute Gasteiger partial charge is 0.163 e. The molecule has 4 heterocycles. The van der Waals surface area contributed by atoms with Crippen molar-refractivity contribution in [1.29, 1.82) is 0 Å². The Balaban J connectivity index is 1.90. The third-order valence-corrected chi connectivity index (χ3v) is 3.76. The van der Waals surface area contributed by atoms with Gasteiger partial charge in [-0.15, -0.1) is 0 Å². The van der Waals surface area contributed by atoms with Crippen LogP contribution in [0.1, 0.15) is 0 Å². The Hall–Kier alpha value is -3.12. The Morgan fingerprint density at radius 1 is 0.792 bits per heavy atom. The molecule has 4 aromatic rings. The van der Waals surface area contributed by atoms with Crippen LogP contribution in [-0.2, 0) is 0 Å². The molecular weight excluding hydrogens is 324 g/mol. The Morgan fingerprint density at radius 2 is 1.54 bits per heavy atom. The zero-order valence-corrected chi connectivity index (χ0v) is 13.1. The van der Waals surface area contributed by atoms with Crippen molar-refractivity contribution in [3.05, 3.63) is 66.5 Å². The van der Waals surface area contributed by atoms with Gasteiger partial charge in [-0.3, -0.25) is 15.0 Å². The second kappa shape index (κ2) is 6.17. The Morgan fingerprint density at radius 3 is 2.38 bits per heavy atom. The standard InChI is InChI=1S/C17H11ClN6/c18-14-9-20-7-3-12(14)16-23-15-10-21-8-4-13(15)17(24-16)22-11-1-5-19-6-2-11/h1-10H,(H,19,22,23,24). The number of nitrogens with zero attached hydrogens (tertiary/aromatic N) is 5. The van der Waals surface area contributed by atoms with E-state index in [1.54, 1.807) is 43.2 Å². The number of rotatable bonds is 3. The van der Waals surface area contributed by atoms with Crippen LogP contribution in [0.4, 0.5) is 11.5 Å². The minimum Gasteiger partial charge on any atom is -0.340 e. The van der Waals surface area contributed by atoms with Crippen molar-refractivity contribution < 1.29 is 0 Å². The number of hydrogen-bond acceptors (Lipinski definition) is 6. The normalized spacial score (nSPS) is 10.7. The maximum Gasteiger partial charge on any atom is 0.163 e. The fraction of sp³-hybridized carbons (Fsp3) is 0. The predicted molar refractivity (Wildman–Crippen MR) is 93.1 cm³/mol. The van der Waals surface area contributed by atoms with Gasteiger partial charge < -0.3 is 5.32 Å². The molecular formula is C17H11ClN6. The summed E-state index contributed by atoms with van der Waals surface area (Å²) < 4.78 is 0. The van der Waals surface area contributed by atoms with Crippen molar-refractivity contribution in [1.82, 2.24) is 24.9 Å². The summed E-state index contributed by atoms with van der Waals surface area (Å²) in [6.07, 6.45) is 10.1. The highest BCUT2D eigenvalue weighted by Gasteiger charge is 2.12. The summed E-state index contributed by atoms with van der Waals surface area (Å²) in [5.74, 6) is 1.19. The highest BCUT2D eigenvalue weighted by molar-refractivity contribution is 6.33. The average molecular weight is 335 g/mol. The summed E-state index contributed by atoms with van der Waals surface area (Å²) >= 11 is 6.24. The molecule has 4 aromatic heterocycles. The first kappa shape index (κ1) is 14.5. The van der Waals surface area contributed by atoms with Crippen LogP contribution in [0.25, 0.3) is 22.3 Å². The molecule has 0 radical (unpaired) electrons. The zero-order valence-electron chi connectivity index (χ0n) is 12.4. The van der Waals surface area contributed by atoms with Crippen molar-refractivity contribution >= 4 is 34.0 Å². The van der Waals surface area contributed by atoms with E-state index < -0.39 is 0 Å². The maximum atomic E-state index is 6.24. The first-order valence-corrected chi connectivity index (χ1v) is 7.58. The van der Waals surface area contributed by atoms with Gasteiger partial charge in [-0.1, -0.05) is 11.6 Å². The lowest BCUT2D eigenvalue weighted by atomic mass is 10.2. The average Bonchev–Trinajstić information content (AvgIpc) is 2.63. The van der Waals surface area contributed by atoms with E-state index in [0.717, 1.165) is 22.2 Å². The topological polar surface area (TPSA) is 76.5 Å². The molecule has 0 atom stereocenters. The fourth-order valence-electron chi connectivity index (χ4n) is 2.32. The molecule has 6 nitrogen and oxygen atoms in total. The van der Waals surface area contributed by atoms with Crippen molar-refractivity contribution in [2.24, 2.45) is 0 Å². The zero-order chi connectivity index (χ0) is 16.4. The number of hydrogen-bond donors (Lipinski definition) is 1. The highest BCUT2D eigenvalue weighted by atomic mass is 35.5. The minimum atomic E-state index is 0.496. The Bertz CT molecular complexity index is 1010.